The van der Waals surface area contributed by atoms with E-state index in [2.05, 4.69) is 5.32 Å². The second-order valence-electron chi connectivity index (χ2n) is 6.01. The van der Waals surface area contributed by atoms with Crippen LogP contribution < -0.4 is 11.1 Å². The molecule has 4 heteroatoms. The Morgan fingerprint density at radius 3 is 2.37 bits per heavy atom. The summed E-state index contributed by atoms with van der Waals surface area (Å²) in [5, 5.41) is 12.0. The predicted octanol–water partition coefficient (Wildman–Crippen LogP) is 1.56. The molecular formula is C15H24N2O2. The number of hydrogen-bond acceptors (Lipinski definition) is 3. The maximum Gasteiger partial charge on any atom is 0.227 e. The van der Waals surface area contributed by atoms with Crippen molar-refractivity contribution in [2.75, 3.05) is 0 Å². The van der Waals surface area contributed by atoms with Gasteiger partial charge in [0.15, 0.2) is 0 Å². The smallest absolute Gasteiger partial charge is 0.227 e. The highest BCUT2D eigenvalue weighted by Gasteiger charge is 2.40. The fraction of sp³-hybridized carbons (Fsp3) is 0.533. The minimum Gasteiger partial charge on any atom is -0.392 e. The van der Waals surface area contributed by atoms with Gasteiger partial charge in [-0.05, 0) is 38.8 Å². The van der Waals surface area contributed by atoms with Crippen LogP contribution in [0.4, 0.5) is 0 Å². The van der Waals surface area contributed by atoms with Crippen molar-refractivity contribution < 1.29 is 9.90 Å². The zero-order valence-corrected chi connectivity index (χ0v) is 12.2. The third-order valence-electron chi connectivity index (χ3n) is 3.81. The lowest BCUT2D eigenvalue weighted by Gasteiger charge is -2.36. The first-order chi connectivity index (χ1) is 8.68. The van der Waals surface area contributed by atoms with Crippen LogP contribution in [0.2, 0.25) is 0 Å². The Balaban J connectivity index is 2.69. The van der Waals surface area contributed by atoms with Gasteiger partial charge in [-0.3, -0.25) is 4.79 Å². The zero-order chi connectivity index (χ0) is 14.7. The van der Waals surface area contributed by atoms with Gasteiger partial charge in [0.2, 0.25) is 5.91 Å². The quantitative estimate of drug-likeness (QED) is 0.755. The first-order valence-electron chi connectivity index (χ1n) is 6.44. The number of benzene rings is 1. The predicted molar refractivity (Wildman–Crippen MR) is 76.3 cm³/mol. The van der Waals surface area contributed by atoms with Crippen LogP contribution in [0.25, 0.3) is 0 Å². The highest BCUT2D eigenvalue weighted by Crippen LogP contribution is 2.28. The number of carbonyl (C=O) groups excluding carboxylic acids is 1. The van der Waals surface area contributed by atoms with Crippen molar-refractivity contribution in [3.8, 4) is 0 Å². The third kappa shape index (κ3) is 3.78. The van der Waals surface area contributed by atoms with Gasteiger partial charge >= 0.3 is 0 Å². The Morgan fingerprint density at radius 1 is 1.26 bits per heavy atom. The monoisotopic (exact) mass is 264 g/mol. The van der Waals surface area contributed by atoms with Crippen molar-refractivity contribution in [2.45, 2.75) is 46.4 Å². The normalized spacial score (nSPS) is 12.3. The van der Waals surface area contributed by atoms with E-state index in [-0.39, 0.29) is 12.5 Å². The van der Waals surface area contributed by atoms with Gasteiger partial charge < -0.3 is 16.2 Å². The molecule has 0 aromatic heterocycles. The molecule has 0 aliphatic rings. The highest BCUT2D eigenvalue weighted by atomic mass is 16.3. The van der Waals surface area contributed by atoms with E-state index < -0.39 is 11.0 Å². The van der Waals surface area contributed by atoms with E-state index in [1.165, 1.54) is 0 Å². The molecule has 1 rings (SSSR count). The van der Waals surface area contributed by atoms with Crippen LogP contribution in [0, 0.1) is 5.41 Å². The lowest BCUT2D eigenvalue weighted by atomic mass is 9.74. The van der Waals surface area contributed by atoms with Gasteiger partial charge in [0.1, 0.15) is 0 Å². The summed E-state index contributed by atoms with van der Waals surface area (Å²) in [7, 11) is 0. The standard InChI is InChI=1S/C15H24N2O2/c1-14(2,15(3,4)16)13(19)17-9-11-6-5-7-12(8-11)10-18/h5-8,18H,9-10,16H2,1-4H3,(H,17,19). The molecule has 1 aromatic carbocycles. The van der Waals surface area contributed by atoms with Crippen LogP contribution in [0.5, 0.6) is 0 Å². The molecule has 0 heterocycles. The van der Waals surface area contributed by atoms with Crippen LogP contribution in [0.3, 0.4) is 0 Å². The Labute approximate surface area is 115 Å². The Hall–Kier alpha value is -1.39. The van der Waals surface area contributed by atoms with Crippen LogP contribution in [0.1, 0.15) is 38.8 Å². The lowest BCUT2D eigenvalue weighted by molar-refractivity contribution is -0.132. The largest absolute Gasteiger partial charge is 0.392 e. The van der Waals surface area contributed by atoms with Gasteiger partial charge in [0.05, 0.1) is 12.0 Å². The van der Waals surface area contributed by atoms with E-state index in [0.717, 1.165) is 11.1 Å². The summed E-state index contributed by atoms with van der Waals surface area (Å²) in [6.07, 6.45) is 0. The molecule has 0 radical (unpaired) electrons. The van der Waals surface area contributed by atoms with Crippen molar-refractivity contribution in [2.24, 2.45) is 11.1 Å². The maximum absolute atomic E-state index is 12.2. The molecule has 0 saturated carbocycles. The number of nitrogens with two attached hydrogens (primary N) is 1. The number of aliphatic hydroxyl groups excluding tert-OH is 1. The van der Waals surface area contributed by atoms with E-state index in [1.807, 2.05) is 52.0 Å². The number of amides is 1. The number of nitrogens with one attached hydrogen (secondary N) is 1. The molecule has 0 unspecified atom stereocenters. The lowest BCUT2D eigenvalue weighted by Crippen LogP contribution is -2.55. The highest BCUT2D eigenvalue weighted by molar-refractivity contribution is 5.83. The summed E-state index contributed by atoms with van der Waals surface area (Å²) in [5.74, 6) is -0.0746. The van der Waals surface area contributed by atoms with Crippen molar-refractivity contribution in [1.29, 1.82) is 0 Å². The SMILES string of the molecule is CC(C)(N)C(C)(C)C(=O)NCc1cccc(CO)c1. The number of rotatable bonds is 5. The first kappa shape index (κ1) is 15.7. The van der Waals surface area contributed by atoms with Gasteiger partial charge in [-0.25, -0.2) is 0 Å². The summed E-state index contributed by atoms with van der Waals surface area (Å²) >= 11 is 0. The maximum atomic E-state index is 12.2. The van der Waals surface area contributed by atoms with Crippen molar-refractivity contribution in [1.82, 2.24) is 5.32 Å². The molecule has 1 amide bonds. The van der Waals surface area contributed by atoms with E-state index in [4.69, 9.17) is 10.8 Å². The molecule has 1 aromatic rings. The second-order valence-corrected chi connectivity index (χ2v) is 6.01. The van der Waals surface area contributed by atoms with Crippen molar-refractivity contribution in [3.05, 3.63) is 35.4 Å². The summed E-state index contributed by atoms with van der Waals surface area (Å²) in [5.41, 5.74) is 6.59. The molecule has 106 valence electrons. The summed E-state index contributed by atoms with van der Waals surface area (Å²) in [6.45, 7) is 7.81. The summed E-state index contributed by atoms with van der Waals surface area (Å²) in [6, 6.07) is 7.50. The molecule has 0 saturated heterocycles. The average molecular weight is 264 g/mol. The molecule has 0 spiro atoms. The number of carbonyl (C=O) groups is 1. The minimum absolute atomic E-state index is 0.00309. The van der Waals surface area contributed by atoms with E-state index >= 15 is 0 Å². The first-order valence-corrected chi connectivity index (χ1v) is 6.44. The molecule has 0 atom stereocenters. The van der Waals surface area contributed by atoms with E-state index in [0.29, 0.717) is 6.54 Å². The average Bonchev–Trinajstić information content (AvgIpc) is 2.34. The molecule has 4 N–H and O–H groups in total. The van der Waals surface area contributed by atoms with Crippen molar-refractivity contribution in [3.63, 3.8) is 0 Å². The summed E-state index contributed by atoms with van der Waals surface area (Å²) in [4.78, 5) is 12.2. The topological polar surface area (TPSA) is 75.4 Å². The Bertz CT molecular complexity index is 448. The minimum atomic E-state index is -0.651. The fourth-order valence-electron chi connectivity index (χ4n) is 1.53. The third-order valence-corrected chi connectivity index (χ3v) is 3.81. The molecule has 4 nitrogen and oxygen atoms in total. The van der Waals surface area contributed by atoms with Crippen molar-refractivity contribution >= 4 is 5.91 Å². The van der Waals surface area contributed by atoms with Crippen LogP contribution in [0.15, 0.2) is 24.3 Å². The Morgan fingerprint density at radius 2 is 1.84 bits per heavy atom. The van der Waals surface area contributed by atoms with Crippen LogP contribution in [-0.2, 0) is 17.9 Å². The zero-order valence-electron chi connectivity index (χ0n) is 12.2. The van der Waals surface area contributed by atoms with Gasteiger partial charge in [-0.1, -0.05) is 24.3 Å². The van der Waals surface area contributed by atoms with Gasteiger partial charge in [0.25, 0.3) is 0 Å². The number of aliphatic hydroxyl groups is 1. The molecule has 0 aliphatic heterocycles. The van der Waals surface area contributed by atoms with Gasteiger partial charge in [-0.15, -0.1) is 0 Å². The molecule has 0 aliphatic carbocycles. The van der Waals surface area contributed by atoms with Gasteiger partial charge in [0, 0.05) is 12.1 Å². The van der Waals surface area contributed by atoms with Crippen LogP contribution in [-0.4, -0.2) is 16.6 Å². The number of hydrogen-bond donors (Lipinski definition) is 3. The molecule has 0 bridgehead atoms. The molecular weight excluding hydrogens is 240 g/mol. The summed E-state index contributed by atoms with van der Waals surface area (Å²) < 4.78 is 0. The molecule has 19 heavy (non-hydrogen) atoms. The molecule has 0 fully saturated rings. The fourth-order valence-corrected chi connectivity index (χ4v) is 1.53. The van der Waals surface area contributed by atoms with Gasteiger partial charge in [-0.2, -0.15) is 0 Å². The second kappa shape index (κ2) is 5.72. The Kier molecular flexibility index (Phi) is 4.71. The van der Waals surface area contributed by atoms with E-state index in [1.54, 1.807) is 0 Å². The van der Waals surface area contributed by atoms with Crippen LogP contribution >= 0.6 is 0 Å². The van der Waals surface area contributed by atoms with E-state index in [9.17, 15) is 4.79 Å².